The van der Waals surface area contributed by atoms with E-state index < -0.39 is 0 Å². The van der Waals surface area contributed by atoms with Gasteiger partial charge in [-0.3, -0.25) is 4.79 Å². The van der Waals surface area contributed by atoms with Gasteiger partial charge in [0.05, 0.1) is 11.8 Å². The van der Waals surface area contributed by atoms with Crippen molar-refractivity contribution in [3.8, 4) is 11.4 Å². The van der Waals surface area contributed by atoms with Crippen LogP contribution in [-0.2, 0) is 11.8 Å². The van der Waals surface area contributed by atoms with Crippen LogP contribution in [0.15, 0.2) is 53.7 Å². The first kappa shape index (κ1) is 19.5. The minimum Gasteiger partial charge on any atom is -0.349 e. The fourth-order valence-electron chi connectivity index (χ4n) is 2.82. The number of halogens is 1. The number of aryl methyl sites for hydroxylation is 1. The number of nitrogens with zero attached hydrogens (tertiary/aromatic N) is 3. The summed E-state index contributed by atoms with van der Waals surface area (Å²) in [7, 11) is 1.91. The van der Waals surface area contributed by atoms with Crippen molar-refractivity contribution >= 4 is 29.3 Å². The van der Waals surface area contributed by atoms with Crippen LogP contribution in [0.4, 0.5) is 0 Å². The SMILES string of the molecule is Cc1ccccc1-c1nnc(SCC(=O)N[C@@H](C)c2ccccc2Cl)n1C. The van der Waals surface area contributed by atoms with E-state index in [0.717, 1.165) is 22.5 Å². The lowest BCUT2D eigenvalue weighted by atomic mass is 10.1. The van der Waals surface area contributed by atoms with Crippen molar-refractivity contribution in [3.63, 3.8) is 0 Å². The number of amides is 1. The van der Waals surface area contributed by atoms with Gasteiger partial charge in [0, 0.05) is 17.6 Å². The summed E-state index contributed by atoms with van der Waals surface area (Å²) in [4.78, 5) is 12.3. The summed E-state index contributed by atoms with van der Waals surface area (Å²) in [5, 5.41) is 12.8. The van der Waals surface area contributed by atoms with E-state index in [-0.39, 0.29) is 17.7 Å². The Morgan fingerprint density at radius 2 is 1.89 bits per heavy atom. The monoisotopic (exact) mass is 400 g/mol. The third-order valence-electron chi connectivity index (χ3n) is 4.30. The van der Waals surface area contributed by atoms with Crippen molar-refractivity contribution in [3.05, 3.63) is 64.7 Å². The molecule has 0 saturated carbocycles. The minimum absolute atomic E-state index is 0.0761. The number of hydrogen-bond acceptors (Lipinski definition) is 4. The van der Waals surface area contributed by atoms with Gasteiger partial charge in [-0.1, -0.05) is 65.8 Å². The Morgan fingerprint density at radius 3 is 2.63 bits per heavy atom. The van der Waals surface area contributed by atoms with Crippen LogP contribution >= 0.6 is 23.4 Å². The Hall–Kier alpha value is -2.31. The Balaban J connectivity index is 1.63. The van der Waals surface area contributed by atoms with Gasteiger partial charge in [0.15, 0.2) is 11.0 Å². The first-order valence-electron chi connectivity index (χ1n) is 8.59. The number of carbonyl (C=O) groups excluding carboxylic acids is 1. The normalized spacial score (nSPS) is 12.0. The standard InChI is InChI=1S/C20H21ClN4OS/c1-13-8-4-5-9-15(13)19-23-24-20(25(19)3)27-12-18(26)22-14(2)16-10-6-7-11-17(16)21/h4-11,14H,12H2,1-3H3,(H,22,26)/t14-/m0/s1. The molecule has 1 heterocycles. The van der Waals surface area contributed by atoms with Gasteiger partial charge in [0.1, 0.15) is 0 Å². The lowest BCUT2D eigenvalue weighted by molar-refractivity contribution is -0.119. The molecule has 0 spiro atoms. The van der Waals surface area contributed by atoms with E-state index in [4.69, 9.17) is 11.6 Å². The van der Waals surface area contributed by atoms with Crippen molar-refractivity contribution in [1.29, 1.82) is 0 Å². The molecule has 0 aliphatic heterocycles. The zero-order valence-corrected chi connectivity index (χ0v) is 17.0. The van der Waals surface area contributed by atoms with Crippen LogP contribution in [0.2, 0.25) is 5.02 Å². The number of thioether (sulfide) groups is 1. The van der Waals surface area contributed by atoms with E-state index in [9.17, 15) is 4.79 Å². The molecule has 5 nitrogen and oxygen atoms in total. The second-order valence-electron chi connectivity index (χ2n) is 6.28. The van der Waals surface area contributed by atoms with Crippen LogP contribution in [0, 0.1) is 6.92 Å². The highest BCUT2D eigenvalue weighted by Gasteiger charge is 2.16. The van der Waals surface area contributed by atoms with Crippen molar-refractivity contribution in [1.82, 2.24) is 20.1 Å². The van der Waals surface area contributed by atoms with Crippen LogP contribution in [0.1, 0.15) is 24.1 Å². The van der Waals surface area contributed by atoms with Gasteiger partial charge in [0.25, 0.3) is 0 Å². The molecule has 140 valence electrons. The Bertz CT molecular complexity index is 957. The number of aromatic nitrogens is 3. The van der Waals surface area contributed by atoms with E-state index in [1.54, 1.807) is 0 Å². The van der Waals surface area contributed by atoms with E-state index in [0.29, 0.717) is 10.2 Å². The predicted octanol–water partition coefficient (Wildman–Crippen LogP) is 4.41. The third-order valence-corrected chi connectivity index (χ3v) is 5.67. The summed E-state index contributed by atoms with van der Waals surface area (Å²) in [6.07, 6.45) is 0. The molecule has 0 bridgehead atoms. The second-order valence-corrected chi connectivity index (χ2v) is 7.63. The Labute approximate surface area is 168 Å². The fraction of sp³-hybridized carbons (Fsp3) is 0.250. The maximum atomic E-state index is 12.3. The van der Waals surface area contributed by atoms with Gasteiger partial charge in [-0.25, -0.2) is 0 Å². The lowest BCUT2D eigenvalue weighted by Gasteiger charge is -2.15. The number of rotatable bonds is 6. The van der Waals surface area contributed by atoms with Gasteiger partial charge in [0.2, 0.25) is 5.91 Å². The largest absolute Gasteiger partial charge is 0.349 e. The molecule has 2 aromatic carbocycles. The fourth-order valence-corrected chi connectivity index (χ4v) is 3.84. The van der Waals surface area contributed by atoms with E-state index in [1.165, 1.54) is 11.8 Å². The molecule has 0 radical (unpaired) electrons. The van der Waals surface area contributed by atoms with Crippen LogP contribution < -0.4 is 5.32 Å². The summed E-state index contributed by atoms with van der Waals surface area (Å²) >= 11 is 7.55. The maximum Gasteiger partial charge on any atom is 0.230 e. The molecular weight excluding hydrogens is 380 g/mol. The molecule has 0 unspecified atom stereocenters. The van der Waals surface area contributed by atoms with Gasteiger partial charge in [-0.15, -0.1) is 10.2 Å². The molecule has 1 aromatic heterocycles. The molecule has 1 amide bonds. The quantitative estimate of drug-likeness (QED) is 0.622. The molecule has 3 rings (SSSR count). The highest BCUT2D eigenvalue weighted by Crippen LogP contribution is 2.25. The molecule has 1 N–H and O–H groups in total. The molecule has 0 fully saturated rings. The third kappa shape index (κ3) is 4.51. The molecule has 1 atom stereocenters. The average molecular weight is 401 g/mol. The number of hydrogen-bond donors (Lipinski definition) is 1. The van der Waals surface area contributed by atoms with E-state index in [1.807, 2.05) is 74.0 Å². The zero-order valence-electron chi connectivity index (χ0n) is 15.4. The number of benzene rings is 2. The minimum atomic E-state index is -0.158. The number of carbonyl (C=O) groups is 1. The Kier molecular flexibility index (Phi) is 6.19. The summed E-state index contributed by atoms with van der Waals surface area (Å²) in [5.74, 6) is 0.974. The van der Waals surface area contributed by atoms with Crippen LogP contribution in [-0.4, -0.2) is 26.4 Å². The molecule has 0 aliphatic rings. The lowest BCUT2D eigenvalue weighted by Crippen LogP contribution is -2.28. The number of nitrogens with one attached hydrogen (secondary N) is 1. The van der Waals surface area contributed by atoms with Crippen molar-refractivity contribution in [2.45, 2.75) is 25.0 Å². The van der Waals surface area contributed by atoms with Crippen LogP contribution in [0.5, 0.6) is 0 Å². The molecule has 27 heavy (non-hydrogen) atoms. The van der Waals surface area contributed by atoms with Gasteiger partial charge < -0.3 is 9.88 Å². The predicted molar refractivity (Wildman–Crippen MR) is 110 cm³/mol. The zero-order chi connectivity index (χ0) is 19.4. The molecular formula is C20H21ClN4OS. The van der Waals surface area contributed by atoms with Gasteiger partial charge in [-0.05, 0) is 31.0 Å². The molecule has 7 heteroatoms. The first-order chi connectivity index (χ1) is 13.0. The van der Waals surface area contributed by atoms with Gasteiger partial charge >= 0.3 is 0 Å². The summed E-state index contributed by atoms with van der Waals surface area (Å²) in [6.45, 7) is 3.96. The summed E-state index contributed by atoms with van der Waals surface area (Å²) in [5.41, 5.74) is 3.07. The molecule has 0 saturated heterocycles. The highest BCUT2D eigenvalue weighted by molar-refractivity contribution is 7.99. The van der Waals surface area contributed by atoms with Crippen LogP contribution in [0.3, 0.4) is 0 Å². The average Bonchev–Trinajstić information content (AvgIpc) is 3.01. The molecule has 3 aromatic rings. The Morgan fingerprint density at radius 1 is 1.19 bits per heavy atom. The summed E-state index contributed by atoms with van der Waals surface area (Å²) in [6, 6.07) is 15.4. The van der Waals surface area contributed by atoms with Crippen LogP contribution in [0.25, 0.3) is 11.4 Å². The smallest absolute Gasteiger partial charge is 0.230 e. The van der Waals surface area contributed by atoms with Gasteiger partial charge in [-0.2, -0.15) is 0 Å². The van der Waals surface area contributed by atoms with Crippen molar-refractivity contribution in [2.24, 2.45) is 7.05 Å². The topological polar surface area (TPSA) is 59.8 Å². The summed E-state index contributed by atoms with van der Waals surface area (Å²) < 4.78 is 1.91. The van der Waals surface area contributed by atoms with Crippen molar-refractivity contribution in [2.75, 3.05) is 5.75 Å². The maximum absolute atomic E-state index is 12.3. The molecule has 0 aliphatic carbocycles. The van der Waals surface area contributed by atoms with E-state index >= 15 is 0 Å². The van der Waals surface area contributed by atoms with Crippen molar-refractivity contribution < 1.29 is 4.79 Å². The highest BCUT2D eigenvalue weighted by atomic mass is 35.5. The van der Waals surface area contributed by atoms with E-state index in [2.05, 4.69) is 15.5 Å². The first-order valence-corrected chi connectivity index (χ1v) is 9.95. The second kappa shape index (κ2) is 8.59.